The first-order valence-corrected chi connectivity index (χ1v) is 12.1. The number of sulfonamides is 1. The van der Waals surface area contributed by atoms with Crippen molar-refractivity contribution >= 4 is 43.3 Å². The van der Waals surface area contributed by atoms with Crippen molar-refractivity contribution in [2.24, 2.45) is 0 Å². The van der Waals surface area contributed by atoms with Crippen LogP contribution in [0.3, 0.4) is 0 Å². The van der Waals surface area contributed by atoms with E-state index in [9.17, 15) is 8.42 Å². The van der Waals surface area contributed by atoms with Gasteiger partial charge in [0, 0.05) is 12.3 Å². The first kappa shape index (κ1) is 20.9. The molecule has 0 atom stereocenters. The Morgan fingerprint density at radius 3 is 2.46 bits per heavy atom. The number of rotatable bonds is 10. The molecule has 28 heavy (non-hydrogen) atoms. The molecule has 150 valence electrons. The van der Waals surface area contributed by atoms with Crippen LogP contribution in [-0.2, 0) is 16.6 Å². The summed E-state index contributed by atoms with van der Waals surface area (Å²) >= 11 is 3.22. The minimum absolute atomic E-state index is 0.0579. The van der Waals surface area contributed by atoms with Gasteiger partial charge in [0.25, 0.3) is 0 Å². The zero-order valence-electron chi connectivity index (χ0n) is 15.7. The van der Waals surface area contributed by atoms with Gasteiger partial charge in [-0.05, 0) is 30.7 Å². The third-order valence-electron chi connectivity index (χ3n) is 4.06. The van der Waals surface area contributed by atoms with E-state index in [1.165, 1.54) is 0 Å². The molecule has 0 unspecified atom stereocenters. The lowest BCUT2D eigenvalue weighted by atomic mass is 10.2. The van der Waals surface area contributed by atoms with Crippen molar-refractivity contribution in [3.8, 4) is 11.5 Å². The molecule has 0 saturated carbocycles. The summed E-state index contributed by atoms with van der Waals surface area (Å²) in [5.41, 5.74) is 1.66. The third-order valence-corrected chi connectivity index (χ3v) is 7.73. The molecule has 0 saturated heterocycles. The second-order valence-electron chi connectivity index (χ2n) is 5.93. The van der Waals surface area contributed by atoms with Gasteiger partial charge in [-0.2, -0.15) is 0 Å². The summed E-state index contributed by atoms with van der Waals surface area (Å²) in [4.78, 5) is 4.55. The third kappa shape index (κ3) is 5.38. The molecule has 0 amide bonds. The lowest BCUT2D eigenvalue weighted by molar-refractivity contribution is 0.384. The number of thioether (sulfide) groups is 1. The summed E-state index contributed by atoms with van der Waals surface area (Å²) in [6, 6.07) is 13.3. The smallest absolute Gasteiger partial charge is 0.211 e. The lowest BCUT2D eigenvalue weighted by Gasteiger charge is -2.13. The zero-order valence-corrected chi connectivity index (χ0v) is 18.1. The summed E-state index contributed by atoms with van der Waals surface area (Å²) in [6.45, 7) is 0.126. The van der Waals surface area contributed by atoms with Crippen LogP contribution in [0, 0.1) is 0 Å². The van der Waals surface area contributed by atoms with Crippen molar-refractivity contribution < 1.29 is 17.9 Å². The van der Waals surface area contributed by atoms with Crippen molar-refractivity contribution in [1.29, 1.82) is 0 Å². The van der Waals surface area contributed by atoms with Gasteiger partial charge >= 0.3 is 0 Å². The molecule has 0 spiro atoms. The Labute approximate surface area is 173 Å². The number of nitrogens with zero attached hydrogens (tertiary/aromatic N) is 1. The van der Waals surface area contributed by atoms with Crippen LogP contribution in [0.2, 0.25) is 0 Å². The summed E-state index contributed by atoms with van der Waals surface area (Å²) in [6.07, 6.45) is 0.541. The fourth-order valence-corrected chi connectivity index (χ4v) is 5.97. The van der Waals surface area contributed by atoms with E-state index in [-0.39, 0.29) is 12.3 Å². The normalized spacial score (nSPS) is 11.6. The Morgan fingerprint density at radius 1 is 1.07 bits per heavy atom. The van der Waals surface area contributed by atoms with Crippen molar-refractivity contribution in [2.75, 3.05) is 25.7 Å². The fraction of sp³-hybridized carbons (Fsp3) is 0.316. The second kappa shape index (κ2) is 9.60. The molecular weight excluding hydrogens is 416 g/mol. The number of methoxy groups -OCH3 is 2. The second-order valence-corrected chi connectivity index (χ2v) is 10.2. The number of aromatic nitrogens is 1. The molecule has 0 fully saturated rings. The summed E-state index contributed by atoms with van der Waals surface area (Å²) < 4.78 is 40.0. The average Bonchev–Trinajstić information content (AvgIpc) is 3.12. The van der Waals surface area contributed by atoms with E-state index < -0.39 is 10.0 Å². The van der Waals surface area contributed by atoms with Gasteiger partial charge in [-0.1, -0.05) is 30.0 Å². The minimum atomic E-state index is -3.40. The molecule has 0 aliphatic rings. The van der Waals surface area contributed by atoms with Gasteiger partial charge in [-0.15, -0.1) is 11.3 Å². The summed E-state index contributed by atoms with van der Waals surface area (Å²) in [7, 11) is -0.305. The van der Waals surface area contributed by atoms with Gasteiger partial charge in [-0.3, -0.25) is 0 Å². The van der Waals surface area contributed by atoms with Gasteiger partial charge in [0.05, 0.1) is 35.8 Å². The van der Waals surface area contributed by atoms with E-state index in [1.807, 2.05) is 24.3 Å². The SMILES string of the molecule is COc1cccc(OC)c1CNS(=O)(=O)CCCSc1nc2ccccc2s1. The Balaban J connectivity index is 1.50. The van der Waals surface area contributed by atoms with Crippen LogP contribution < -0.4 is 14.2 Å². The number of benzene rings is 2. The van der Waals surface area contributed by atoms with Crippen LogP contribution in [-0.4, -0.2) is 39.1 Å². The van der Waals surface area contributed by atoms with Crippen LogP contribution in [0.5, 0.6) is 11.5 Å². The summed E-state index contributed by atoms with van der Waals surface area (Å²) in [5.74, 6) is 1.93. The number of ether oxygens (including phenoxy) is 2. The van der Waals surface area contributed by atoms with E-state index in [0.717, 1.165) is 14.6 Å². The molecule has 9 heteroatoms. The predicted molar refractivity (Wildman–Crippen MR) is 115 cm³/mol. The van der Waals surface area contributed by atoms with E-state index in [1.54, 1.807) is 55.5 Å². The highest BCUT2D eigenvalue weighted by Crippen LogP contribution is 2.30. The van der Waals surface area contributed by atoms with E-state index in [4.69, 9.17) is 9.47 Å². The Hall–Kier alpha value is -1.81. The molecule has 3 aromatic rings. The standard InChI is InChI=1S/C19H22N2O4S3/c1-24-16-8-5-9-17(25-2)14(16)13-20-28(22,23)12-6-11-26-19-21-15-7-3-4-10-18(15)27-19/h3-5,7-10,20H,6,11-13H2,1-2H3. The van der Waals surface area contributed by atoms with Crippen LogP contribution in [0.15, 0.2) is 46.8 Å². The highest BCUT2D eigenvalue weighted by atomic mass is 32.2. The number of fused-ring (bicyclic) bond motifs is 1. The van der Waals surface area contributed by atoms with E-state index in [2.05, 4.69) is 9.71 Å². The van der Waals surface area contributed by atoms with Crippen LogP contribution in [0.25, 0.3) is 10.2 Å². The first-order valence-electron chi connectivity index (χ1n) is 8.68. The van der Waals surface area contributed by atoms with Crippen LogP contribution in [0.4, 0.5) is 0 Å². The zero-order chi connectivity index (χ0) is 20.0. The predicted octanol–water partition coefficient (Wildman–Crippen LogP) is 3.92. The van der Waals surface area contributed by atoms with Gasteiger partial charge in [0.2, 0.25) is 10.0 Å². The number of hydrogen-bond donors (Lipinski definition) is 1. The Kier molecular flexibility index (Phi) is 7.17. The highest BCUT2D eigenvalue weighted by Gasteiger charge is 2.15. The molecule has 0 aliphatic heterocycles. The highest BCUT2D eigenvalue weighted by molar-refractivity contribution is 8.01. The van der Waals surface area contributed by atoms with Crippen molar-refractivity contribution in [3.05, 3.63) is 48.0 Å². The largest absolute Gasteiger partial charge is 0.496 e. The number of para-hydroxylation sites is 1. The maximum absolute atomic E-state index is 12.3. The van der Waals surface area contributed by atoms with Gasteiger partial charge in [0.1, 0.15) is 11.5 Å². The number of nitrogens with one attached hydrogen (secondary N) is 1. The van der Waals surface area contributed by atoms with Crippen LogP contribution in [0.1, 0.15) is 12.0 Å². The maximum Gasteiger partial charge on any atom is 0.211 e. The van der Waals surface area contributed by atoms with E-state index in [0.29, 0.717) is 29.2 Å². The molecule has 2 aromatic carbocycles. The molecular formula is C19H22N2O4S3. The van der Waals surface area contributed by atoms with E-state index >= 15 is 0 Å². The van der Waals surface area contributed by atoms with Crippen LogP contribution >= 0.6 is 23.1 Å². The monoisotopic (exact) mass is 438 g/mol. The number of thiazole rings is 1. The topological polar surface area (TPSA) is 77.5 Å². The molecule has 1 heterocycles. The quantitative estimate of drug-likeness (QED) is 0.382. The van der Waals surface area contributed by atoms with Gasteiger partial charge in [-0.25, -0.2) is 18.1 Å². The van der Waals surface area contributed by atoms with Crippen molar-refractivity contribution in [2.45, 2.75) is 17.3 Å². The summed E-state index contributed by atoms with van der Waals surface area (Å²) in [5, 5.41) is 0. The Bertz CT molecular complexity index is 979. The van der Waals surface area contributed by atoms with Gasteiger partial charge < -0.3 is 9.47 Å². The first-order chi connectivity index (χ1) is 13.5. The molecule has 0 radical (unpaired) electrons. The molecule has 6 nitrogen and oxygen atoms in total. The minimum Gasteiger partial charge on any atom is -0.496 e. The molecule has 1 N–H and O–H groups in total. The number of hydrogen-bond acceptors (Lipinski definition) is 7. The van der Waals surface area contributed by atoms with Crippen molar-refractivity contribution in [1.82, 2.24) is 9.71 Å². The molecule has 3 rings (SSSR count). The molecule has 1 aromatic heterocycles. The Morgan fingerprint density at radius 2 is 1.79 bits per heavy atom. The average molecular weight is 439 g/mol. The van der Waals surface area contributed by atoms with Gasteiger partial charge in [0.15, 0.2) is 4.34 Å². The maximum atomic E-state index is 12.3. The van der Waals surface area contributed by atoms with Crippen molar-refractivity contribution in [3.63, 3.8) is 0 Å². The fourth-order valence-electron chi connectivity index (χ4n) is 2.68. The lowest BCUT2D eigenvalue weighted by Crippen LogP contribution is -2.26. The molecule has 0 aliphatic carbocycles. The molecule has 0 bridgehead atoms.